The van der Waals surface area contributed by atoms with E-state index in [1.807, 2.05) is 48.5 Å². The van der Waals surface area contributed by atoms with Gasteiger partial charge in [0.1, 0.15) is 11.3 Å². The average Bonchev–Trinajstić information content (AvgIpc) is 2.97. The van der Waals surface area contributed by atoms with Crippen molar-refractivity contribution in [3.8, 4) is 5.75 Å². The van der Waals surface area contributed by atoms with Crippen molar-refractivity contribution in [3.63, 3.8) is 0 Å². The van der Waals surface area contributed by atoms with Crippen LogP contribution in [0.1, 0.15) is 11.7 Å². The van der Waals surface area contributed by atoms with E-state index in [0.29, 0.717) is 11.2 Å². The maximum absolute atomic E-state index is 12.3. The molecule has 0 bridgehead atoms. The fourth-order valence-electron chi connectivity index (χ4n) is 3.53. The number of aromatic nitrogens is 3. The van der Waals surface area contributed by atoms with Gasteiger partial charge >= 0.3 is 0 Å². The number of benzene rings is 3. The van der Waals surface area contributed by atoms with E-state index in [2.05, 4.69) is 6.07 Å². The molecule has 5 rings (SSSR count). The van der Waals surface area contributed by atoms with Crippen molar-refractivity contribution < 1.29 is 9.53 Å². The Bertz CT molecular complexity index is 1350. The van der Waals surface area contributed by atoms with E-state index in [-0.39, 0.29) is 5.91 Å². The Morgan fingerprint density at radius 3 is 2.31 bits per heavy atom. The SMILES string of the molecule is COc1ccc2c(c1)c1nc3cc4ccccc4cc3nc1n2C(C)=O. The van der Waals surface area contributed by atoms with Gasteiger partial charge in [-0.05, 0) is 41.1 Å². The molecule has 0 spiro atoms. The molecule has 0 atom stereocenters. The average molecular weight is 341 g/mol. The van der Waals surface area contributed by atoms with E-state index < -0.39 is 0 Å². The fourth-order valence-corrected chi connectivity index (χ4v) is 3.53. The molecular formula is C21H15N3O2. The van der Waals surface area contributed by atoms with Crippen molar-refractivity contribution in [2.24, 2.45) is 0 Å². The summed E-state index contributed by atoms with van der Waals surface area (Å²) in [6.07, 6.45) is 0. The third kappa shape index (κ3) is 2.00. The summed E-state index contributed by atoms with van der Waals surface area (Å²) in [5.74, 6) is 0.630. The molecule has 26 heavy (non-hydrogen) atoms. The zero-order chi connectivity index (χ0) is 17.8. The van der Waals surface area contributed by atoms with E-state index in [0.717, 1.165) is 38.5 Å². The van der Waals surface area contributed by atoms with Gasteiger partial charge in [-0.3, -0.25) is 9.36 Å². The number of methoxy groups -OCH3 is 1. The molecule has 0 fully saturated rings. The quantitative estimate of drug-likeness (QED) is 0.419. The van der Waals surface area contributed by atoms with Crippen LogP contribution >= 0.6 is 0 Å². The lowest BCUT2D eigenvalue weighted by Crippen LogP contribution is -2.06. The molecule has 126 valence electrons. The minimum Gasteiger partial charge on any atom is -0.497 e. The zero-order valence-electron chi connectivity index (χ0n) is 14.4. The molecule has 0 aliphatic carbocycles. The normalized spacial score (nSPS) is 11.6. The number of carbonyl (C=O) groups excluding carboxylic acids is 1. The predicted molar refractivity (Wildman–Crippen MR) is 103 cm³/mol. The van der Waals surface area contributed by atoms with Gasteiger partial charge in [0.25, 0.3) is 0 Å². The first-order valence-corrected chi connectivity index (χ1v) is 8.35. The number of carbonyl (C=O) groups is 1. The minimum absolute atomic E-state index is 0.0930. The van der Waals surface area contributed by atoms with Gasteiger partial charge in [0.2, 0.25) is 5.91 Å². The monoisotopic (exact) mass is 341 g/mol. The second-order valence-corrected chi connectivity index (χ2v) is 6.32. The Morgan fingerprint density at radius 2 is 1.65 bits per heavy atom. The second kappa shape index (κ2) is 5.26. The highest BCUT2D eigenvalue weighted by Gasteiger charge is 2.17. The fraction of sp³-hybridized carbons (Fsp3) is 0.0952. The van der Waals surface area contributed by atoms with Gasteiger partial charge in [0.15, 0.2) is 5.65 Å². The summed E-state index contributed by atoms with van der Waals surface area (Å²) < 4.78 is 6.96. The van der Waals surface area contributed by atoms with E-state index in [4.69, 9.17) is 14.7 Å². The largest absolute Gasteiger partial charge is 0.497 e. The van der Waals surface area contributed by atoms with Crippen molar-refractivity contribution in [1.82, 2.24) is 14.5 Å². The summed E-state index contributed by atoms with van der Waals surface area (Å²) in [5, 5.41) is 3.07. The molecule has 5 aromatic rings. The first kappa shape index (κ1) is 14.8. The van der Waals surface area contributed by atoms with Crippen LogP contribution in [0.15, 0.2) is 54.6 Å². The Kier molecular flexibility index (Phi) is 3.00. The minimum atomic E-state index is -0.0930. The van der Waals surface area contributed by atoms with Crippen LogP contribution in [0.5, 0.6) is 5.75 Å². The van der Waals surface area contributed by atoms with Crippen molar-refractivity contribution >= 4 is 49.8 Å². The van der Waals surface area contributed by atoms with Gasteiger partial charge in [0, 0.05) is 12.3 Å². The molecule has 0 unspecified atom stereocenters. The highest BCUT2D eigenvalue weighted by atomic mass is 16.5. The summed E-state index contributed by atoms with van der Waals surface area (Å²) in [5.41, 5.74) is 3.64. The Balaban J connectivity index is 1.98. The molecule has 0 saturated carbocycles. The molecule has 2 aromatic heterocycles. The van der Waals surface area contributed by atoms with E-state index in [1.165, 1.54) is 6.92 Å². The van der Waals surface area contributed by atoms with E-state index >= 15 is 0 Å². The molecule has 0 amide bonds. The summed E-state index contributed by atoms with van der Waals surface area (Å²) in [6.45, 7) is 1.54. The third-order valence-electron chi connectivity index (χ3n) is 4.74. The maximum atomic E-state index is 12.3. The maximum Gasteiger partial charge on any atom is 0.229 e. The van der Waals surface area contributed by atoms with E-state index in [9.17, 15) is 4.79 Å². The summed E-state index contributed by atoms with van der Waals surface area (Å²) in [6, 6.07) is 17.8. The van der Waals surface area contributed by atoms with Crippen LogP contribution in [0.2, 0.25) is 0 Å². The first-order valence-electron chi connectivity index (χ1n) is 8.35. The van der Waals surface area contributed by atoms with Gasteiger partial charge in [-0.1, -0.05) is 24.3 Å². The van der Waals surface area contributed by atoms with E-state index in [1.54, 1.807) is 11.7 Å². The number of rotatable bonds is 1. The van der Waals surface area contributed by atoms with Crippen LogP contribution in [0.25, 0.3) is 43.9 Å². The molecule has 0 radical (unpaired) electrons. The summed E-state index contributed by atoms with van der Waals surface area (Å²) in [7, 11) is 1.62. The molecule has 0 saturated heterocycles. The third-order valence-corrected chi connectivity index (χ3v) is 4.74. The van der Waals surface area contributed by atoms with Crippen molar-refractivity contribution in [1.29, 1.82) is 0 Å². The highest BCUT2D eigenvalue weighted by Crippen LogP contribution is 2.32. The van der Waals surface area contributed by atoms with Crippen LogP contribution in [0.4, 0.5) is 0 Å². The first-order chi connectivity index (χ1) is 12.7. The number of hydrogen-bond donors (Lipinski definition) is 0. The Hall–Kier alpha value is -3.47. The number of fused-ring (bicyclic) bond motifs is 5. The molecule has 2 heterocycles. The van der Waals surface area contributed by atoms with Crippen LogP contribution in [-0.4, -0.2) is 27.6 Å². The molecule has 5 heteroatoms. The lowest BCUT2D eigenvalue weighted by molar-refractivity contribution is 0.0946. The topological polar surface area (TPSA) is 57.0 Å². The van der Waals surface area contributed by atoms with Gasteiger partial charge in [-0.15, -0.1) is 0 Å². The van der Waals surface area contributed by atoms with Crippen LogP contribution in [0.3, 0.4) is 0 Å². The van der Waals surface area contributed by atoms with Gasteiger partial charge < -0.3 is 4.74 Å². The van der Waals surface area contributed by atoms with Crippen molar-refractivity contribution in [2.75, 3.05) is 7.11 Å². The van der Waals surface area contributed by atoms with Gasteiger partial charge in [0.05, 0.1) is 23.7 Å². The van der Waals surface area contributed by atoms with Gasteiger partial charge in [-0.2, -0.15) is 0 Å². The molecule has 3 aromatic carbocycles. The lowest BCUT2D eigenvalue weighted by Gasteiger charge is -2.03. The molecule has 5 nitrogen and oxygen atoms in total. The summed E-state index contributed by atoms with van der Waals surface area (Å²) >= 11 is 0. The van der Waals surface area contributed by atoms with Crippen LogP contribution < -0.4 is 4.74 Å². The van der Waals surface area contributed by atoms with Crippen molar-refractivity contribution in [3.05, 3.63) is 54.6 Å². The molecule has 0 aliphatic heterocycles. The second-order valence-electron chi connectivity index (χ2n) is 6.32. The zero-order valence-corrected chi connectivity index (χ0v) is 14.4. The lowest BCUT2D eigenvalue weighted by atomic mass is 10.1. The number of ether oxygens (including phenoxy) is 1. The summed E-state index contributed by atoms with van der Waals surface area (Å²) in [4.78, 5) is 21.9. The van der Waals surface area contributed by atoms with Gasteiger partial charge in [-0.25, -0.2) is 9.97 Å². The van der Waals surface area contributed by atoms with Crippen LogP contribution in [-0.2, 0) is 0 Å². The number of hydrogen-bond acceptors (Lipinski definition) is 4. The molecule has 0 N–H and O–H groups in total. The number of nitrogens with zero attached hydrogens (tertiary/aromatic N) is 3. The molecule has 0 aliphatic rings. The van der Waals surface area contributed by atoms with Crippen LogP contribution in [0, 0.1) is 0 Å². The smallest absolute Gasteiger partial charge is 0.229 e. The molecular weight excluding hydrogens is 326 g/mol. The van der Waals surface area contributed by atoms with Crippen molar-refractivity contribution in [2.45, 2.75) is 6.92 Å². The standard InChI is InChI=1S/C21H15N3O2/c1-12(25)24-19-8-7-15(26-2)11-16(19)20-21(24)23-18-10-14-6-4-3-5-13(14)9-17(18)22-20/h3-11H,1-2H3. The highest BCUT2D eigenvalue weighted by molar-refractivity contribution is 6.12. The Labute approximate surface area is 148 Å². The predicted octanol–water partition coefficient (Wildman–Crippen LogP) is 4.56. The Morgan fingerprint density at radius 1 is 0.962 bits per heavy atom.